The lowest BCUT2D eigenvalue weighted by atomic mass is 10.3. The maximum absolute atomic E-state index is 11.9. The van der Waals surface area contributed by atoms with Gasteiger partial charge in [0.2, 0.25) is 0 Å². The largest absolute Gasteiger partial charge is 0.480 e. The number of hydrogen-bond donors (Lipinski definition) is 2. The zero-order valence-corrected chi connectivity index (χ0v) is 10.6. The van der Waals surface area contributed by atoms with E-state index in [0.717, 1.165) is 5.75 Å². The maximum Gasteiger partial charge on any atom is 0.327 e. The molecular weight excluding hydrogens is 260 g/mol. The van der Waals surface area contributed by atoms with Crippen molar-refractivity contribution < 1.29 is 14.7 Å². The molecule has 2 rings (SSSR count). The van der Waals surface area contributed by atoms with E-state index in [-0.39, 0.29) is 6.03 Å². The van der Waals surface area contributed by atoms with Gasteiger partial charge in [-0.05, 0) is 11.4 Å². The number of aliphatic carboxylic acids is 1. The number of carboxylic acids is 1. The third-order valence-electron chi connectivity index (χ3n) is 2.45. The lowest BCUT2D eigenvalue weighted by Gasteiger charge is -2.32. The highest BCUT2D eigenvalue weighted by atomic mass is 32.2. The van der Waals surface area contributed by atoms with Gasteiger partial charge < -0.3 is 15.3 Å². The molecule has 1 aromatic heterocycles. The van der Waals surface area contributed by atoms with Gasteiger partial charge in [-0.15, -0.1) is 0 Å². The van der Waals surface area contributed by atoms with E-state index < -0.39 is 12.0 Å². The molecule has 0 aliphatic carbocycles. The number of urea groups is 1. The Hall–Kier alpha value is -1.21. The number of amides is 2. The molecule has 1 aliphatic heterocycles. The van der Waals surface area contributed by atoms with Crippen LogP contribution in [-0.2, 0) is 4.79 Å². The van der Waals surface area contributed by atoms with Gasteiger partial charge in [-0.2, -0.15) is 23.1 Å². The van der Waals surface area contributed by atoms with Crippen molar-refractivity contribution in [2.75, 3.05) is 23.4 Å². The molecule has 1 aromatic rings. The molecule has 1 aliphatic rings. The Balaban J connectivity index is 2.03. The van der Waals surface area contributed by atoms with Crippen molar-refractivity contribution in [2.45, 2.75) is 6.04 Å². The van der Waals surface area contributed by atoms with Gasteiger partial charge in [-0.3, -0.25) is 0 Å². The Morgan fingerprint density at radius 3 is 3.00 bits per heavy atom. The Morgan fingerprint density at radius 1 is 1.53 bits per heavy atom. The topological polar surface area (TPSA) is 69.6 Å². The summed E-state index contributed by atoms with van der Waals surface area (Å²) in [6, 6.07) is 0.723. The number of hydrogen-bond acceptors (Lipinski definition) is 4. The number of anilines is 1. The van der Waals surface area contributed by atoms with Gasteiger partial charge in [0.25, 0.3) is 0 Å². The summed E-state index contributed by atoms with van der Waals surface area (Å²) >= 11 is 3.04. The number of thioether (sulfide) groups is 1. The molecule has 1 unspecified atom stereocenters. The van der Waals surface area contributed by atoms with Crippen molar-refractivity contribution in [1.82, 2.24) is 4.90 Å². The van der Waals surface area contributed by atoms with Gasteiger partial charge in [0.05, 0.1) is 5.69 Å². The highest BCUT2D eigenvalue weighted by Gasteiger charge is 2.32. The van der Waals surface area contributed by atoms with Gasteiger partial charge in [0, 0.05) is 23.4 Å². The molecule has 2 amide bonds. The molecule has 7 heteroatoms. The molecule has 92 valence electrons. The van der Waals surface area contributed by atoms with E-state index in [1.807, 2.05) is 10.8 Å². The first-order chi connectivity index (χ1) is 8.18. The van der Waals surface area contributed by atoms with Crippen molar-refractivity contribution in [2.24, 2.45) is 0 Å². The molecule has 0 bridgehead atoms. The van der Waals surface area contributed by atoms with Crippen LogP contribution < -0.4 is 5.32 Å². The summed E-state index contributed by atoms with van der Waals surface area (Å²) in [4.78, 5) is 24.4. The molecule has 2 N–H and O–H groups in total. The number of carbonyl (C=O) groups is 2. The first kappa shape index (κ1) is 12.3. The van der Waals surface area contributed by atoms with E-state index in [9.17, 15) is 9.59 Å². The van der Waals surface area contributed by atoms with Gasteiger partial charge in [-0.25, -0.2) is 9.59 Å². The minimum absolute atomic E-state index is 0.337. The smallest absolute Gasteiger partial charge is 0.327 e. The fraction of sp³-hybridized carbons (Fsp3) is 0.400. The third kappa shape index (κ3) is 2.92. The maximum atomic E-state index is 11.9. The van der Waals surface area contributed by atoms with E-state index in [1.165, 1.54) is 16.2 Å². The van der Waals surface area contributed by atoms with Crippen molar-refractivity contribution in [1.29, 1.82) is 0 Å². The lowest BCUT2D eigenvalue weighted by molar-refractivity contribution is -0.141. The third-order valence-corrected chi connectivity index (χ3v) is 4.15. The minimum atomic E-state index is -0.947. The van der Waals surface area contributed by atoms with E-state index in [0.29, 0.717) is 18.0 Å². The van der Waals surface area contributed by atoms with E-state index in [2.05, 4.69) is 5.32 Å². The van der Waals surface area contributed by atoms with Crippen LogP contribution in [0.25, 0.3) is 0 Å². The summed E-state index contributed by atoms with van der Waals surface area (Å²) in [7, 11) is 0. The van der Waals surface area contributed by atoms with E-state index in [1.54, 1.807) is 17.8 Å². The van der Waals surface area contributed by atoms with Crippen molar-refractivity contribution in [3.05, 3.63) is 16.8 Å². The van der Waals surface area contributed by atoms with Crippen molar-refractivity contribution >= 4 is 40.8 Å². The molecular formula is C10H12N2O3S2. The Labute approximate surface area is 107 Å². The summed E-state index contributed by atoms with van der Waals surface area (Å²) in [5, 5.41) is 15.4. The Bertz CT molecular complexity index is 408. The van der Waals surface area contributed by atoms with Gasteiger partial charge >= 0.3 is 12.0 Å². The highest BCUT2D eigenvalue weighted by Crippen LogP contribution is 2.19. The van der Waals surface area contributed by atoms with Crippen molar-refractivity contribution in [3.8, 4) is 0 Å². The molecule has 2 heterocycles. The molecule has 1 fully saturated rings. The molecule has 0 spiro atoms. The molecule has 0 radical (unpaired) electrons. The first-order valence-electron chi connectivity index (χ1n) is 5.09. The van der Waals surface area contributed by atoms with Crippen LogP contribution in [0.15, 0.2) is 16.8 Å². The molecule has 0 saturated carbocycles. The molecule has 1 saturated heterocycles. The minimum Gasteiger partial charge on any atom is -0.480 e. The van der Waals surface area contributed by atoms with Gasteiger partial charge in [-0.1, -0.05) is 0 Å². The number of nitrogens with one attached hydrogen (secondary N) is 1. The summed E-state index contributed by atoms with van der Waals surface area (Å²) in [6.45, 7) is 0.470. The monoisotopic (exact) mass is 272 g/mol. The van der Waals surface area contributed by atoms with Gasteiger partial charge in [0.15, 0.2) is 0 Å². The summed E-state index contributed by atoms with van der Waals surface area (Å²) in [6.07, 6.45) is 0. The standard InChI is InChI=1S/C10H12N2O3S2/c13-9(14)8-6-17-4-2-12(8)10(15)11-7-1-3-16-5-7/h1,3,5,8H,2,4,6H2,(H,11,15)(H,13,14). The second kappa shape index (κ2) is 5.42. The second-order valence-corrected chi connectivity index (χ2v) is 5.49. The summed E-state index contributed by atoms with van der Waals surface area (Å²) in [5.41, 5.74) is 0.711. The van der Waals surface area contributed by atoms with Crippen LogP contribution in [0.5, 0.6) is 0 Å². The van der Waals surface area contributed by atoms with Crippen LogP contribution >= 0.6 is 23.1 Å². The normalized spacial score (nSPS) is 20.0. The predicted molar refractivity (Wildman–Crippen MR) is 68.8 cm³/mol. The number of thiophene rings is 1. The predicted octanol–water partition coefficient (Wildman–Crippen LogP) is 1.78. The number of nitrogens with zero attached hydrogens (tertiary/aromatic N) is 1. The average Bonchev–Trinajstić information content (AvgIpc) is 2.81. The summed E-state index contributed by atoms with van der Waals surface area (Å²) < 4.78 is 0. The van der Waals surface area contributed by atoms with Crippen LogP contribution in [0.4, 0.5) is 10.5 Å². The Kier molecular flexibility index (Phi) is 3.90. The van der Waals surface area contributed by atoms with Crippen LogP contribution in [0.2, 0.25) is 0 Å². The molecule has 17 heavy (non-hydrogen) atoms. The van der Waals surface area contributed by atoms with Crippen molar-refractivity contribution in [3.63, 3.8) is 0 Å². The fourth-order valence-electron chi connectivity index (χ4n) is 1.58. The number of carbonyl (C=O) groups excluding carboxylic acids is 1. The first-order valence-corrected chi connectivity index (χ1v) is 7.18. The zero-order valence-electron chi connectivity index (χ0n) is 8.96. The quantitative estimate of drug-likeness (QED) is 0.861. The average molecular weight is 272 g/mol. The SMILES string of the molecule is O=C(O)C1CSCCN1C(=O)Nc1ccsc1. The van der Waals surface area contributed by atoms with Crippen LogP contribution in [0, 0.1) is 0 Å². The second-order valence-electron chi connectivity index (χ2n) is 3.56. The van der Waals surface area contributed by atoms with Gasteiger partial charge in [0.1, 0.15) is 6.04 Å². The van der Waals surface area contributed by atoms with Crippen LogP contribution in [0.1, 0.15) is 0 Å². The van der Waals surface area contributed by atoms with Crippen LogP contribution in [0.3, 0.4) is 0 Å². The Morgan fingerprint density at radius 2 is 2.35 bits per heavy atom. The lowest BCUT2D eigenvalue weighted by Crippen LogP contribution is -2.51. The van der Waals surface area contributed by atoms with E-state index >= 15 is 0 Å². The molecule has 0 aromatic carbocycles. The zero-order chi connectivity index (χ0) is 12.3. The fourth-order valence-corrected chi connectivity index (χ4v) is 3.21. The summed E-state index contributed by atoms with van der Waals surface area (Å²) in [5.74, 6) is 0.283. The highest BCUT2D eigenvalue weighted by molar-refractivity contribution is 7.99. The molecule has 1 atom stereocenters. The number of carboxylic acid groups (broad SMARTS) is 1. The van der Waals surface area contributed by atoms with E-state index in [4.69, 9.17) is 5.11 Å². The molecule has 5 nitrogen and oxygen atoms in total. The number of rotatable bonds is 2. The van der Waals surface area contributed by atoms with Crippen LogP contribution in [-0.4, -0.2) is 46.1 Å².